The van der Waals surface area contributed by atoms with E-state index < -0.39 is 0 Å². The normalized spacial score (nSPS) is 10.2. The summed E-state index contributed by atoms with van der Waals surface area (Å²) in [6.45, 7) is 4.06. The Labute approximate surface area is 89.7 Å². The number of anilines is 1. The summed E-state index contributed by atoms with van der Waals surface area (Å²) in [7, 11) is 3.14. The van der Waals surface area contributed by atoms with E-state index in [0.29, 0.717) is 11.4 Å². The molecular formula is C11H16N2O2. The SMILES string of the molecule is CNc1cc(C(=O)OC)cc(C(C)C)n1. The molecule has 4 nitrogen and oxygen atoms in total. The van der Waals surface area contributed by atoms with Gasteiger partial charge < -0.3 is 10.1 Å². The molecule has 15 heavy (non-hydrogen) atoms. The summed E-state index contributed by atoms with van der Waals surface area (Å²) >= 11 is 0. The van der Waals surface area contributed by atoms with Crippen LogP contribution in [0, 0.1) is 0 Å². The Bertz CT molecular complexity index is 362. The highest BCUT2D eigenvalue weighted by Gasteiger charge is 2.11. The lowest BCUT2D eigenvalue weighted by Gasteiger charge is -2.09. The minimum absolute atomic E-state index is 0.279. The molecule has 1 aromatic rings. The van der Waals surface area contributed by atoms with Crippen LogP contribution in [0.1, 0.15) is 35.8 Å². The fraction of sp³-hybridized carbons (Fsp3) is 0.455. The van der Waals surface area contributed by atoms with Gasteiger partial charge in [-0.25, -0.2) is 9.78 Å². The van der Waals surface area contributed by atoms with E-state index in [9.17, 15) is 4.79 Å². The highest BCUT2D eigenvalue weighted by atomic mass is 16.5. The fourth-order valence-electron chi connectivity index (χ4n) is 1.21. The van der Waals surface area contributed by atoms with Gasteiger partial charge in [-0.2, -0.15) is 0 Å². The Morgan fingerprint density at radius 3 is 2.60 bits per heavy atom. The second-order valence-corrected chi connectivity index (χ2v) is 3.56. The van der Waals surface area contributed by atoms with Gasteiger partial charge in [0, 0.05) is 12.7 Å². The van der Waals surface area contributed by atoms with E-state index in [0.717, 1.165) is 5.69 Å². The summed E-state index contributed by atoms with van der Waals surface area (Å²) in [4.78, 5) is 15.7. The molecule has 0 spiro atoms. The number of hydrogen-bond donors (Lipinski definition) is 1. The molecule has 1 aromatic heterocycles. The molecule has 82 valence electrons. The molecular weight excluding hydrogens is 192 g/mol. The van der Waals surface area contributed by atoms with E-state index >= 15 is 0 Å². The van der Waals surface area contributed by atoms with Gasteiger partial charge >= 0.3 is 5.97 Å². The summed E-state index contributed by atoms with van der Waals surface area (Å²) < 4.78 is 4.68. The average Bonchev–Trinajstić information content (AvgIpc) is 2.27. The molecule has 0 aromatic carbocycles. The quantitative estimate of drug-likeness (QED) is 0.772. The van der Waals surface area contributed by atoms with Gasteiger partial charge in [0.2, 0.25) is 0 Å². The zero-order valence-corrected chi connectivity index (χ0v) is 9.50. The average molecular weight is 208 g/mol. The number of nitrogens with zero attached hydrogens (tertiary/aromatic N) is 1. The molecule has 0 aliphatic rings. The van der Waals surface area contributed by atoms with E-state index in [1.54, 1.807) is 19.2 Å². The maximum absolute atomic E-state index is 11.4. The largest absolute Gasteiger partial charge is 0.465 e. The predicted octanol–water partition coefficient (Wildman–Crippen LogP) is 2.03. The number of hydrogen-bond acceptors (Lipinski definition) is 4. The minimum Gasteiger partial charge on any atom is -0.465 e. The first kappa shape index (κ1) is 11.5. The lowest BCUT2D eigenvalue weighted by Crippen LogP contribution is -2.06. The Morgan fingerprint density at radius 1 is 1.47 bits per heavy atom. The third kappa shape index (κ3) is 2.68. The number of ether oxygens (including phenoxy) is 1. The Morgan fingerprint density at radius 2 is 2.13 bits per heavy atom. The van der Waals surface area contributed by atoms with Crippen LogP contribution in [0.5, 0.6) is 0 Å². The molecule has 0 bridgehead atoms. The number of aromatic nitrogens is 1. The van der Waals surface area contributed by atoms with Gasteiger partial charge in [-0.05, 0) is 18.1 Å². The van der Waals surface area contributed by atoms with Gasteiger partial charge in [-0.1, -0.05) is 13.8 Å². The first-order valence-electron chi connectivity index (χ1n) is 4.86. The van der Waals surface area contributed by atoms with E-state index in [4.69, 9.17) is 0 Å². The van der Waals surface area contributed by atoms with Crippen LogP contribution in [0.15, 0.2) is 12.1 Å². The minimum atomic E-state index is -0.337. The highest BCUT2D eigenvalue weighted by molar-refractivity contribution is 5.90. The summed E-state index contributed by atoms with van der Waals surface area (Å²) in [6.07, 6.45) is 0. The molecule has 0 saturated carbocycles. The summed E-state index contributed by atoms with van der Waals surface area (Å²) in [5, 5.41) is 2.92. The first-order chi connectivity index (χ1) is 7.08. The van der Waals surface area contributed by atoms with Crippen molar-refractivity contribution in [1.82, 2.24) is 4.98 Å². The van der Waals surface area contributed by atoms with Gasteiger partial charge in [-0.15, -0.1) is 0 Å². The second-order valence-electron chi connectivity index (χ2n) is 3.56. The molecule has 0 aliphatic heterocycles. The number of nitrogens with one attached hydrogen (secondary N) is 1. The molecule has 0 amide bonds. The van der Waals surface area contributed by atoms with Crippen molar-refractivity contribution in [1.29, 1.82) is 0 Å². The molecule has 1 rings (SSSR count). The lowest BCUT2D eigenvalue weighted by atomic mass is 10.1. The van der Waals surface area contributed by atoms with Crippen LogP contribution in [0.25, 0.3) is 0 Å². The van der Waals surface area contributed by atoms with Crippen molar-refractivity contribution in [2.75, 3.05) is 19.5 Å². The molecule has 0 aliphatic carbocycles. The van der Waals surface area contributed by atoms with Crippen LogP contribution in [0.4, 0.5) is 5.82 Å². The van der Waals surface area contributed by atoms with E-state index in [1.165, 1.54) is 7.11 Å². The monoisotopic (exact) mass is 208 g/mol. The predicted molar refractivity (Wildman–Crippen MR) is 59.2 cm³/mol. The van der Waals surface area contributed by atoms with E-state index in [1.807, 2.05) is 13.8 Å². The summed E-state index contributed by atoms with van der Waals surface area (Å²) in [5.74, 6) is 0.624. The number of carbonyl (C=O) groups is 1. The second kappa shape index (κ2) is 4.77. The third-order valence-electron chi connectivity index (χ3n) is 2.11. The van der Waals surface area contributed by atoms with Crippen molar-refractivity contribution in [3.05, 3.63) is 23.4 Å². The standard InChI is InChI=1S/C11H16N2O2/c1-7(2)9-5-8(11(14)15-4)6-10(12-3)13-9/h5-7H,1-4H3,(H,12,13). The molecule has 0 unspecified atom stereocenters. The zero-order chi connectivity index (χ0) is 11.4. The first-order valence-corrected chi connectivity index (χ1v) is 4.86. The number of pyridine rings is 1. The van der Waals surface area contributed by atoms with E-state index in [2.05, 4.69) is 15.0 Å². The van der Waals surface area contributed by atoms with Crippen molar-refractivity contribution in [3.8, 4) is 0 Å². The molecule has 0 fully saturated rings. The Balaban J connectivity index is 3.17. The van der Waals surface area contributed by atoms with Gasteiger partial charge in [0.15, 0.2) is 0 Å². The smallest absolute Gasteiger partial charge is 0.338 e. The zero-order valence-electron chi connectivity index (χ0n) is 9.50. The Hall–Kier alpha value is -1.58. The van der Waals surface area contributed by atoms with Gasteiger partial charge in [-0.3, -0.25) is 0 Å². The van der Waals surface area contributed by atoms with Crippen LogP contribution in [-0.4, -0.2) is 25.1 Å². The molecule has 1 N–H and O–H groups in total. The number of methoxy groups -OCH3 is 1. The third-order valence-corrected chi connectivity index (χ3v) is 2.11. The number of esters is 1. The molecule has 0 saturated heterocycles. The summed E-state index contributed by atoms with van der Waals surface area (Å²) in [6, 6.07) is 3.44. The Kier molecular flexibility index (Phi) is 3.66. The van der Waals surface area contributed by atoms with Crippen LogP contribution < -0.4 is 5.32 Å². The summed E-state index contributed by atoms with van der Waals surface area (Å²) in [5.41, 5.74) is 1.41. The van der Waals surface area contributed by atoms with Gasteiger partial charge in [0.25, 0.3) is 0 Å². The van der Waals surface area contributed by atoms with Crippen molar-refractivity contribution in [3.63, 3.8) is 0 Å². The van der Waals surface area contributed by atoms with Crippen molar-refractivity contribution < 1.29 is 9.53 Å². The van der Waals surface area contributed by atoms with Crippen LogP contribution in [0.3, 0.4) is 0 Å². The molecule has 0 atom stereocenters. The maximum Gasteiger partial charge on any atom is 0.338 e. The van der Waals surface area contributed by atoms with Crippen LogP contribution >= 0.6 is 0 Å². The van der Waals surface area contributed by atoms with Gasteiger partial charge in [0.1, 0.15) is 5.82 Å². The molecule has 1 heterocycles. The molecule has 4 heteroatoms. The fourth-order valence-corrected chi connectivity index (χ4v) is 1.21. The highest BCUT2D eigenvalue weighted by Crippen LogP contribution is 2.17. The van der Waals surface area contributed by atoms with E-state index in [-0.39, 0.29) is 11.9 Å². The number of carbonyl (C=O) groups excluding carboxylic acids is 1. The number of rotatable bonds is 3. The maximum atomic E-state index is 11.4. The van der Waals surface area contributed by atoms with Crippen molar-refractivity contribution in [2.24, 2.45) is 0 Å². The lowest BCUT2D eigenvalue weighted by molar-refractivity contribution is 0.0600. The van der Waals surface area contributed by atoms with Gasteiger partial charge in [0.05, 0.1) is 12.7 Å². The van der Waals surface area contributed by atoms with Crippen molar-refractivity contribution in [2.45, 2.75) is 19.8 Å². The van der Waals surface area contributed by atoms with Crippen LogP contribution in [0.2, 0.25) is 0 Å². The topological polar surface area (TPSA) is 51.2 Å². The van der Waals surface area contributed by atoms with Crippen LogP contribution in [-0.2, 0) is 4.74 Å². The van der Waals surface area contributed by atoms with Crippen molar-refractivity contribution >= 4 is 11.8 Å². The molecule has 0 radical (unpaired) electrons.